The monoisotopic (exact) mass is 232 g/mol. The first-order chi connectivity index (χ1) is 8.31. The van der Waals surface area contributed by atoms with Crippen LogP contribution in [0.5, 0.6) is 5.75 Å². The second kappa shape index (κ2) is 5.25. The van der Waals surface area contributed by atoms with Crippen LogP contribution in [-0.4, -0.2) is 23.6 Å². The maximum Gasteiger partial charge on any atom is 0.143 e. The number of hydrogen-bond acceptors (Lipinski definition) is 4. The zero-order chi connectivity index (χ0) is 12.1. The van der Waals surface area contributed by atoms with Gasteiger partial charge in [-0.3, -0.25) is 0 Å². The van der Waals surface area contributed by atoms with Crippen LogP contribution in [0.1, 0.15) is 5.82 Å². The number of H-pyrrole nitrogens is 1. The molecule has 17 heavy (non-hydrogen) atoms. The van der Waals surface area contributed by atoms with E-state index in [1.165, 1.54) is 0 Å². The third-order valence-corrected chi connectivity index (χ3v) is 2.52. The van der Waals surface area contributed by atoms with Crippen LogP contribution in [0.15, 0.2) is 30.6 Å². The molecule has 0 aliphatic rings. The van der Waals surface area contributed by atoms with Crippen molar-refractivity contribution in [3.05, 3.63) is 36.4 Å². The van der Waals surface area contributed by atoms with Crippen molar-refractivity contribution in [1.82, 2.24) is 9.97 Å². The molecular formula is C12H16N4O. The summed E-state index contributed by atoms with van der Waals surface area (Å²) in [6.45, 7) is 0.769. The van der Waals surface area contributed by atoms with Gasteiger partial charge in [-0.05, 0) is 12.1 Å². The first-order valence-electron chi connectivity index (χ1n) is 5.46. The molecule has 0 aliphatic carbocycles. The molecule has 0 fully saturated rings. The summed E-state index contributed by atoms with van der Waals surface area (Å²) in [6, 6.07) is 5.68. The van der Waals surface area contributed by atoms with Gasteiger partial charge in [-0.25, -0.2) is 4.98 Å². The smallest absolute Gasteiger partial charge is 0.143 e. The number of ether oxygens (including phenoxy) is 1. The van der Waals surface area contributed by atoms with Gasteiger partial charge >= 0.3 is 0 Å². The highest BCUT2D eigenvalue weighted by atomic mass is 16.5. The van der Waals surface area contributed by atoms with E-state index in [2.05, 4.69) is 15.3 Å². The highest BCUT2D eigenvalue weighted by Gasteiger charge is 2.04. The quantitative estimate of drug-likeness (QED) is 0.685. The van der Waals surface area contributed by atoms with Gasteiger partial charge in [0.1, 0.15) is 11.6 Å². The average Bonchev–Trinajstić information content (AvgIpc) is 2.84. The molecule has 0 saturated heterocycles. The van der Waals surface area contributed by atoms with Gasteiger partial charge in [0.2, 0.25) is 0 Å². The summed E-state index contributed by atoms with van der Waals surface area (Å²) in [6.07, 6.45) is 4.38. The topological polar surface area (TPSA) is 76.0 Å². The number of anilines is 2. The molecule has 0 amide bonds. The lowest BCUT2D eigenvalue weighted by atomic mass is 10.2. The highest BCUT2D eigenvalue weighted by molar-refractivity contribution is 5.72. The zero-order valence-corrected chi connectivity index (χ0v) is 9.73. The number of nitrogen functional groups attached to an aromatic ring is 1. The Bertz CT molecular complexity index is 467. The maximum absolute atomic E-state index is 5.94. The minimum absolute atomic E-state index is 0.634. The number of nitrogens with zero attached hydrogens (tertiary/aromatic N) is 1. The largest absolute Gasteiger partial charge is 0.495 e. The molecule has 0 radical (unpaired) electrons. The normalized spacial score (nSPS) is 10.2. The fraction of sp³-hybridized carbons (Fsp3) is 0.250. The number of nitrogens with one attached hydrogen (secondary N) is 2. The number of imidazole rings is 1. The zero-order valence-electron chi connectivity index (χ0n) is 9.73. The first kappa shape index (κ1) is 11.3. The maximum atomic E-state index is 5.94. The molecule has 0 saturated carbocycles. The van der Waals surface area contributed by atoms with Crippen LogP contribution in [0.4, 0.5) is 11.4 Å². The summed E-state index contributed by atoms with van der Waals surface area (Å²) in [4.78, 5) is 7.21. The second-order valence-electron chi connectivity index (χ2n) is 3.63. The molecule has 0 atom stereocenters. The Morgan fingerprint density at radius 1 is 1.47 bits per heavy atom. The van der Waals surface area contributed by atoms with Crippen LogP contribution >= 0.6 is 0 Å². The fourth-order valence-electron chi connectivity index (χ4n) is 1.63. The van der Waals surface area contributed by atoms with E-state index in [0.717, 1.165) is 24.5 Å². The molecule has 1 aromatic carbocycles. The Morgan fingerprint density at radius 2 is 2.35 bits per heavy atom. The van der Waals surface area contributed by atoms with E-state index in [9.17, 15) is 0 Å². The lowest BCUT2D eigenvalue weighted by Gasteiger charge is -2.11. The minimum Gasteiger partial charge on any atom is -0.495 e. The molecule has 90 valence electrons. The number of nitrogens with two attached hydrogens (primary N) is 1. The van der Waals surface area contributed by atoms with Crippen LogP contribution in [0.25, 0.3) is 0 Å². The van der Waals surface area contributed by atoms with Gasteiger partial charge in [0.05, 0.1) is 18.5 Å². The van der Waals surface area contributed by atoms with E-state index >= 15 is 0 Å². The van der Waals surface area contributed by atoms with E-state index in [0.29, 0.717) is 11.4 Å². The van der Waals surface area contributed by atoms with Gasteiger partial charge in [0.15, 0.2) is 0 Å². The summed E-state index contributed by atoms with van der Waals surface area (Å²) >= 11 is 0. The van der Waals surface area contributed by atoms with Gasteiger partial charge in [-0.2, -0.15) is 0 Å². The van der Waals surface area contributed by atoms with Crippen LogP contribution in [-0.2, 0) is 6.42 Å². The van der Waals surface area contributed by atoms with Crippen molar-refractivity contribution in [2.75, 3.05) is 24.7 Å². The van der Waals surface area contributed by atoms with Crippen molar-refractivity contribution in [2.24, 2.45) is 0 Å². The summed E-state index contributed by atoms with van der Waals surface area (Å²) in [5.41, 5.74) is 7.46. The van der Waals surface area contributed by atoms with Gasteiger partial charge in [-0.15, -0.1) is 0 Å². The van der Waals surface area contributed by atoms with E-state index in [-0.39, 0.29) is 0 Å². The SMILES string of the molecule is COc1cccc(NCCc2ncc[nH]2)c1N. The van der Waals surface area contributed by atoms with Crippen LogP contribution < -0.4 is 15.8 Å². The van der Waals surface area contributed by atoms with E-state index in [4.69, 9.17) is 10.5 Å². The lowest BCUT2D eigenvalue weighted by Crippen LogP contribution is -2.08. The molecule has 1 aromatic heterocycles. The predicted molar refractivity (Wildman–Crippen MR) is 68.2 cm³/mol. The predicted octanol–water partition coefficient (Wildman–Crippen LogP) is 1.66. The van der Waals surface area contributed by atoms with E-state index in [1.807, 2.05) is 24.4 Å². The van der Waals surface area contributed by atoms with Gasteiger partial charge in [0, 0.05) is 25.4 Å². The van der Waals surface area contributed by atoms with Crippen molar-refractivity contribution in [3.63, 3.8) is 0 Å². The minimum atomic E-state index is 0.634. The van der Waals surface area contributed by atoms with Gasteiger partial charge in [-0.1, -0.05) is 6.07 Å². The molecular weight excluding hydrogens is 216 g/mol. The van der Waals surface area contributed by atoms with Gasteiger partial charge < -0.3 is 20.8 Å². The van der Waals surface area contributed by atoms with Crippen molar-refractivity contribution < 1.29 is 4.74 Å². The molecule has 2 aromatic rings. The first-order valence-corrected chi connectivity index (χ1v) is 5.46. The standard InChI is InChI=1S/C12H16N4O/c1-17-10-4-2-3-9(12(10)13)14-6-5-11-15-7-8-16-11/h2-4,7-8,14H,5-6,13H2,1H3,(H,15,16). The number of rotatable bonds is 5. The highest BCUT2D eigenvalue weighted by Crippen LogP contribution is 2.28. The summed E-state index contributed by atoms with van der Waals surface area (Å²) in [5.74, 6) is 1.65. The Morgan fingerprint density at radius 3 is 3.06 bits per heavy atom. The van der Waals surface area contributed by atoms with E-state index in [1.54, 1.807) is 13.3 Å². The number of hydrogen-bond donors (Lipinski definition) is 3. The molecule has 0 unspecified atom stereocenters. The molecule has 4 N–H and O–H groups in total. The molecule has 1 heterocycles. The third kappa shape index (κ3) is 2.69. The van der Waals surface area contributed by atoms with Crippen molar-refractivity contribution in [1.29, 1.82) is 0 Å². The molecule has 0 aliphatic heterocycles. The molecule has 2 rings (SSSR count). The molecule has 0 spiro atoms. The molecule has 5 nitrogen and oxygen atoms in total. The summed E-state index contributed by atoms with van der Waals surface area (Å²) in [5, 5.41) is 3.26. The number of aromatic amines is 1. The van der Waals surface area contributed by atoms with Crippen LogP contribution in [0, 0.1) is 0 Å². The van der Waals surface area contributed by atoms with E-state index < -0.39 is 0 Å². The summed E-state index contributed by atoms with van der Waals surface area (Å²) in [7, 11) is 1.61. The summed E-state index contributed by atoms with van der Waals surface area (Å²) < 4.78 is 5.15. The number of para-hydroxylation sites is 1. The van der Waals surface area contributed by atoms with Crippen molar-refractivity contribution >= 4 is 11.4 Å². The number of methoxy groups -OCH3 is 1. The second-order valence-corrected chi connectivity index (χ2v) is 3.63. The Labute approximate surface area is 100 Å². The van der Waals surface area contributed by atoms with Crippen molar-refractivity contribution in [3.8, 4) is 5.75 Å². The third-order valence-electron chi connectivity index (χ3n) is 2.52. The number of benzene rings is 1. The Kier molecular flexibility index (Phi) is 3.49. The van der Waals surface area contributed by atoms with Gasteiger partial charge in [0.25, 0.3) is 0 Å². The Balaban J connectivity index is 1.95. The Hall–Kier alpha value is -2.17. The van der Waals surface area contributed by atoms with Crippen LogP contribution in [0.3, 0.4) is 0 Å². The number of aromatic nitrogens is 2. The fourth-order valence-corrected chi connectivity index (χ4v) is 1.63. The van der Waals surface area contributed by atoms with Crippen LogP contribution in [0.2, 0.25) is 0 Å². The average molecular weight is 232 g/mol. The van der Waals surface area contributed by atoms with Crippen molar-refractivity contribution in [2.45, 2.75) is 6.42 Å². The lowest BCUT2D eigenvalue weighted by molar-refractivity contribution is 0.417. The molecule has 5 heteroatoms. The molecule has 0 bridgehead atoms.